The van der Waals surface area contributed by atoms with E-state index in [1.165, 1.54) is 33.5 Å². The minimum atomic E-state index is -1.09. The van der Waals surface area contributed by atoms with Gasteiger partial charge in [-0.1, -0.05) is 36.3 Å². The first-order valence-electron chi connectivity index (χ1n) is 12.4. The highest BCUT2D eigenvalue weighted by Gasteiger charge is 2.55. The first-order valence-corrected chi connectivity index (χ1v) is 12.4. The standard InChI is InChI=1S/C29H31FN4O2/c1-3-4-14-34-27(35)29(31-28(34)36,18-21-8-7-9-24(30)17-21)23-12-15-33(16-13-23)20-22-19-32(2)26-11-6-5-10-25(22)26/h5-11,17,19,23H,12-16,18,20H2,1-2H3,(H,31,36). The van der Waals surface area contributed by atoms with Gasteiger partial charge in [-0.3, -0.25) is 14.6 Å². The Bertz CT molecular complexity index is 1360. The van der Waals surface area contributed by atoms with E-state index >= 15 is 0 Å². The minimum absolute atomic E-state index is 0.0550. The van der Waals surface area contributed by atoms with E-state index in [2.05, 4.69) is 64.1 Å². The number of piperidine rings is 1. The first-order chi connectivity index (χ1) is 17.4. The highest BCUT2D eigenvalue weighted by atomic mass is 19.1. The fourth-order valence-corrected chi connectivity index (χ4v) is 5.83. The number of hydrogen-bond acceptors (Lipinski definition) is 3. The molecule has 3 aromatic rings. The number of aromatic nitrogens is 1. The number of likely N-dealkylation sites (tertiary alicyclic amines) is 1. The number of aryl methyl sites for hydroxylation is 1. The molecule has 3 amide bonds. The Balaban J connectivity index is 1.37. The molecule has 0 bridgehead atoms. The summed E-state index contributed by atoms with van der Waals surface area (Å²) < 4.78 is 16.1. The minimum Gasteiger partial charge on any atom is -0.350 e. The predicted molar refractivity (Wildman–Crippen MR) is 137 cm³/mol. The van der Waals surface area contributed by atoms with Crippen LogP contribution in [0.4, 0.5) is 9.18 Å². The third-order valence-electron chi connectivity index (χ3n) is 7.65. The lowest BCUT2D eigenvalue weighted by molar-refractivity contribution is -0.133. The van der Waals surface area contributed by atoms with Gasteiger partial charge in [0.2, 0.25) is 0 Å². The molecule has 2 aliphatic rings. The molecule has 36 heavy (non-hydrogen) atoms. The largest absolute Gasteiger partial charge is 0.350 e. The number of urea groups is 1. The quantitative estimate of drug-likeness (QED) is 0.422. The van der Waals surface area contributed by atoms with E-state index in [0.29, 0.717) is 5.56 Å². The third-order valence-corrected chi connectivity index (χ3v) is 7.65. The number of imide groups is 1. The zero-order chi connectivity index (χ0) is 25.3. The Labute approximate surface area is 211 Å². The topological polar surface area (TPSA) is 57.6 Å². The Hall–Kier alpha value is -3.63. The molecule has 186 valence electrons. The van der Waals surface area contributed by atoms with Crippen molar-refractivity contribution >= 4 is 22.8 Å². The van der Waals surface area contributed by atoms with Crippen LogP contribution in [-0.4, -0.2) is 51.5 Å². The van der Waals surface area contributed by atoms with Gasteiger partial charge in [0.05, 0.1) is 6.54 Å². The molecule has 5 rings (SSSR count). The van der Waals surface area contributed by atoms with Gasteiger partial charge < -0.3 is 9.88 Å². The summed E-state index contributed by atoms with van der Waals surface area (Å²) in [4.78, 5) is 30.2. The smallest absolute Gasteiger partial charge is 0.325 e. The summed E-state index contributed by atoms with van der Waals surface area (Å²) in [5.41, 5.74) is 2.11. The van der Waals surface area contributed by atoms with Crippen molar-refractivity contribution < 1.29 is 14.0 Å². The number of benzene rings is 2. The van der Waals surface area contributed by atoms with Crippen LogP contribution in [0.1, 0.15) is 30.9 Å². The Kier molecular flexibility index (Phi) is 6.55. The van der Waals surface area contributed by atoms with E-state index in [9.17, 15) is 14.0 Å². The van der Waals surface area contributed by atoms with Gasteiger partial charge in [-0.25, -0.2) is 9.18 Å². The molecule has 0 radical (unpaired) electrons. The number of halogens is 1. The average molecular weight is 487 g/mol. The number of rotatable bonds is 6. The zero-order valence-electron chi connectivity index (χ0n) is 20.8. The molecule has 2 saturated heterocycles. The lowest BCUT2D eigenvalue weighted by atomic mass is 9.74. The third kappa shape index (κ3) is 4.38. The Morgan fingerprint density at radius 1 is 1.11 bits per heavy atom. The molecule has 2 aliphatic heterocycles. The van der Waals surface area contributed by atoms with Crippen molar-refractivity contribution in [3.8, 4) is 11.8 Å². The summed E-state index contributed by atoms with van der Waals surface area (Å²) in [7, 11) is 2.07. The van der Waals surface area contributed by atoms with Crippen LogP contribution >= 0.6 is 0 Å². The number of carbonyl (C=O) groups excluding carboxylic acids is 2. The molecule has 2 fully saturated rings. The summed E-state index contributed by atoms with van der Waals surface area (Å²) in [5, 5.41) is 4.29. The first kappa shape index (κ1) is 24.1. The van der Waals surface area contributed by atoms with E-state index in [0.717, 1.165) is 32.5 Å². The molecule has 6 nitrogen and oxygen atoms in total. The van der Waals surface area contributed by atoms with E-state index in [-0.39, 0.29) is 30.6 Å². The van der Waals surface area contributed by atoms with Gasteiger partial charge in [-0.2, -0.15) is 0 Å². The lowest BCUT2D eigenvalue weighted by Gasteiger charge is -2.41. The number of carbonyl (C=O) groups is 2. The van der Waals surface area contributed by atoms with Crippen LogP contribution in [0.2, 0.25) is 0 Å². The van der Waals surface area contributed by atoms with Crippen LogP contribution in [0.15, 0.2) is 54.7 Å². The van der Waals surface area contributed by atoms with Gasteiger partial charge in [0.1, 0.15) is 11.4 Å². The van der Waals surface area contributed by atoms with E-state index < -0.39 is 11.6 Å². The molecule has 0 spiro atoms. The highest BCUT2D eigenvalue weighted by molar-refractivity contribution is 6.07. The SMILES string of the molecule is CC#CCN1C(=O)NC(Cc2cccc(F)c2)(C2CCN(Cc3cn(C)c4ccccc34)CC2)C1=O. The number of fused-ring (bicyclic) bond motifs is 1. The number of nitrogens with one attached hydrogen (secondary N) is 1. The lowest BCUT2D eigenvalue weighted by Crippen LogP contribution is -2.57. The van der Waals surface area contributed by atoms with Gasteiger partial charge in [0.15, 0.2) is 0 Å². The molecule has 0 aliphatic carbocycles. The van der Waals surface area contributed by atoms with E-state index in [1.54, 1.807) is 13.0 Å². The van der Waals surface area contributed by atoms with E-state index in [4.69, 9.17) is 0 Å². The summed E-state index contributed by atoms with van der Waals surface area (Å²) in [5.74, 6) is 4.94. The fourth-order valence-electron chi connectivity index (χ4n) is 5.83. The van der Waals surface area contributed by atoms with Crippen molar-refractivity contribution in [3.05, 3.63) is 71.7 Å². The summed E-state index contributed by atoms with van der Waals surface area (Å²) in [6, 6.07) is 14.3. The number of nitrogens with zero attached hydrogens (tertiary/aromatic N) is 3. The van der Waals surface area contributed by atoms with Gasteiger partial charge in [0, 0.05) is 37.1 Å². The maximum absolute atomic E-state index is 14.0. The van der Waals surface area contributed by atoms with Crippen LogP contribution in [0, 0.1) is 23.6 Å². The molecule has 1 unspecified atom stereocenters. The van der Waals surface area contributed by atoms with Crippen molar-refractivity contribution in [3.63, 3.8) is 0 Å². The van der Waals surface area contributed by atoms with Gasteiger partial charge in [0.25, 0.3) is 5.91 Å². The monoisotopic (exact) mass is 486 g/mol. The van der Waals surface area contributed by atoms with Crippen molar-refractivity contribution in [2.45, 2.75) is 38.3 Å². The summed E-state index contributed by atoms with van der Waals surface area (Å²) in [6.07, 6.45) is 3.98. The van der Waals surface area contributed by atoms with Gasteiger partial charge >= 0.3 is 6.03 Å². The van der Waals surface area contributed by atoms with Gasteiger partial charge in [-0.05, 0) is 68.1 Å². The van der Waals surface area contributed by atoms with Crippen molar-refractivity contribution in [1.82, 2.24) is 19.7 Å². The average Bonchev–Trinajstić information content (AvgIpc) is 3.31. The second-order valence-corrected chi connectivity index (χ2v) is 9.86. The number of para-hydroxylation sites is 1. The van der Waals surface area contributed by atoms with Crippen molar-refractivity contribution in [2.75, 3.05) is 19.6 Å². The van der Waals surface area contributed by atoms with Crippen molar-refractivity contribution in [1.29, 1.82) is 0 Å². The molecule has 1 N–H and O–H groups in total. The molecule has 3 heterocycles. The molecule has 1 aromatic heterocycles. The van der Waals surface area contributed by atoms with Crippen LogP contribution in [0.3, 0.4) is 0 Å². The fraction of sp³-hybridized carbons (Fsp3) is 0.379. The number of amides is 3. The second kappa shape index (κ2) is 9.79. The second-order valence-electron chi connectivity index (χ2n) is 9.86. The summed E-state index contributed by atoms with van der Waals surface area (Å²) in [6.45, 7) is 4.22. The normalized spacial score (nSPS) is 21.0. The Morgan fingerprint density at radius 3 is 2.64 bits per heavy atom. The Morgan fingerprint density at radius 2 is 1.89 bits per heavy atom. The molecule has 7 heteroatoms. The molecular weight excluding hydrogens is 455 g/mol. The van der Waals surface area contributed by atoms with E-state index in [1.807, 2.05) is 6.07 Å². The predicted octanol–water partition coefficient (Wildman–Crippen LogP) is 4.09. The van der Waals surface area contributed by atoms with Crippen molar-refractivity contribution in [2.24, 2.45) is 13.0 Å². The highest BCUT2D eigenvalue weighted by Crippen LogP contribution is 2.37. The van der Waals surface area contributed by atoms with Crippen LogP contribution in [0.25, 0.3) is 10.9 Å². The zero-order valence-corrected chi connectivity index (χ0v) is 20.8. The molecule has 2 aromatic carbocycles. The number of hydrogen-bond donors (Lipinski definition) is 1. The molecule has 1 atom stereocenters. The van der Waals surface area contributed by atoms with Gasteiger partial charge in [-0.15, -0.1) is 5.92 Å². The van der Waals surface area contributed by atoms with Crippen LogP contribution < -0.4 is 5.32 Å². The summed E-state index contributed by atoms with van der Waals surface area (Å²) >= 11 is 0. The van der Waals surface area contributed by atoms with Crippen LogP contribution in [-0.2, 0) is 24.8 Å². The molecule has 0 saturated carbocycles. The molecular formula is C29H31FN4O2. The maximum Gasteiger partial charge on any atom is 0.325 e. The van der Waals surface area contributed by atoms with Crippen LogP contribution in [0.5, 0.6) is 0 Å². The maximum atomic E-state index is 14.0.